The average Bonchev–Trinajstić information content (AvgIpc) is 3.26. The third-order valence-electron chi connectivity index (χ3n) is 4.15. The van der Waals surface area contributed by atoms with Crippen LogP contribution in [0.25, 0.3) is 11.4 Å². The maximum Gasteiger partial charge on any atom is 0.272 e. The first-order valence-corrected chi connectivity index (χ1v) is 9.05. The predicted octanol–water partition coefficient (Wildman–Crippen LogP) is 1.89. The Hall–Kier alpha value is -3.72. The Kier molecular flexibility index (Phi) is 6.54. The van der Waals surface area contributed by atoms with Crippen LogP contribution in [0.15, 0.2) is 66.1 Å². The molecule has 3 aromatic rings. The third-order valence-corrected chi connectivity index (χ3v) is 4.15. The Bertz CT molecular complexity index is 969. The molecule has 29 heavy (non-hydrogen) atoms. The molecule has 0 saturated heterocycles. The van der Waals surface area contributed by atoms with Crippen LogP contribution in [-0.4, -0.2) is 38.3 Å². The van der Waals surface area contributed by atoms with Gasteiger partial charge in [0.1, 0.15) is 6.33 Å². The molecule has 9 heteroatoms. The Labute approximate surface area is 167 Å². The van der Waals surface area contributed by atoms with E-state index in [0.29, 0.717) is 24.5 Å². The van der Waals surface area contributed by atoms with Gasteiger partial charge in [0.15, 0.2) is 11.7 Å². The summed E-state index contributed by atoms with van der Waals surface area (Å²) in [4.78, 5) is 17.0. The van der Waals surface area contributed by atoms with E-state index in [1.807, 2.05) is 30.3 Å². The second-order valence-electron chi connectivity index (χ2n) is 6.12. The summed E-state index contributed by atoms with van der Waals surface area (Å²) in [5.41, 5.74) is 7.84. The van der Waals surface area contributed by atoms with Crippen molar-refractivity contribution in [2.24, 2.45) is 10.9 Å². The monoisotopic (exact) mass is 394 g/mol. The lowest BCUT2D eigenvalue weighted by molar-refractivity contribution is -0.139. The number of hydrogen-bond acceptors (Lipinski definition) is 6. The van der Waals surface area contributed by atoms with Crippen molar-refractivity contribution < 1.29 is 14.7 Å². The van der Waals surface area contributed by atoms with Crippen LogP contribution in [0.1, 0.15) is 24.3 Å². The molecule has 1 amide bonds. The molecule has 9 nitrogen and oxygen atoms in total. The summed E-state index contributed by atoms with van der Waals surface area (Å²) in [6, 6.07) is 16.5. The van der Waals surface area contributed by atoms with Crippen LogP contribution < -0.4 is 11.1 Å². The fourth-order valence-electron chi connectivity index (χ4n) is 2.66. The molecule has 4 N–H and O–H groups in total. The van der Waals surface area contributed by atoms with Crippen molar-refractivity contribution in [1.29, 1.82) is 0 Å². The van der Waals surface area contributed by atoms with Gasteiger partial charge in [0.05, 0.1) is 0 Å². The van der Waals surface area contributed by atoms with Crippen LogP contribution in [0.2, 0.25) is 0 Å². The number of amides is 1. The molecule has 0 aliphatic carbocycles. The number of carbonyl (C=O) groups is 1. The van der Waals surface area contributed by atoms with Gasteiger partial charge in [0, 0.05) is 24.3 Å². The highest BCUT2D eigenvalue weighted by Gasteiger charge is 2.22. The quantitative estimate of drug-likeness (QED) is 0.232. The highest BCUT2D eigenvalue weighted by atomic mass is 16.5. The Balaban J connectivity index is 1.68. The van der Waals surface area contributed by atoms with E-state index in [1.54, 1.807) is 31.2 Å². The number of amidine groups is 1. The maximum absolute atomic E-state index is 12.7. The first kappa shape index (κ1) is 20.0. The van der Waals surface area contributed by atoms with E-state index in [-0.39, 0.29) is 11.7 Å². The Morgan fingerprint density at radius 2 is 1.97 bits per heavy atom. The van der Waals surface area contributed by atoms with E-state index in [4.69, 9.17) is 15.7 Å². The molecule has 0 aliphatic rings. The zero-order valence-electron chi connectivity index (χ0n) is 15.9. The van der Waals surface area contributed by atoms with E-state index in [2.05, 4.69) is 20.6 Å². The fraction of sp³-hybridized carbons (Fsp3) is 0.200. The highest BCUT2D eigenvalue weighted by molar-refractivity contribution is 5.96. The molecular weight excluding hydrogens is 372 g/mol. The zero-order chi connectivity index (χ0) is 20.6. The number of carbonyl (C=O) groups excluding carboxylic acids is 1. The SMILES string of the molecule is CCOC(C(=O)NCc1ccc(C(N)=NO)cc1)n1cnc(-c2ccccc2)n1. The van der Waals surface area contributed by atoms with Gasteiger partial charge in [-0.25, -0.2) is 9.67 Å². The van der Waals surface area contributed by atoms with Crippen LogP contribution in [0.5, 0.6) is 0 Å². The first-order valence-electron chi connectivity index (χ1n) is 9.05. The van der Waals surface area contributed by atoms with Crippen LogP contribution in [0.4, 0.5) is 0 Å². The van der Waals surface area contributed by atoms with Crippen molar-refractivity contribution in [3.05, 3.63) is 72.1 Å². The number of hydrogen-bond donors (Lipinski definition) is 3. The van der Waals surface area contributed by atoms with Gasteiger partial charge in [-0.2, -0.15) is 0 Å². The number of rotatable bonds is 8. The normalized spacial score (nSPS) is 12.5. The molecule has 0 fully saturated rings. The van der Waals surface area contributed by atoms with E-state index < -0.39 is 6.23 Å². The molecule has 0 radical (unpaired) electrons. The summed E-state index contributed by atoms with van der Waals surface area (Å²) < 4.78 is 6.99. The third kappa shape index (κ3) is 4.96. The van der Waals surface area contributed by atoms with E-state index in [0.717, 1.165) is 11.1 Å². The van der Waals surface area contributed by atoms with Gasteiger partial charge in [0.2, 0.25) is 6.23 Å². The van der Waals surface area contributed by atoms with Gasteiger partial charge in [0.25, 0.3) is 5.91 Å². The van der Waals surface area contributed by atoms with Gasteiger partial charge in [-0.05, 0) is 12.5 Å². The second kappa shape index (κ2) is 9.47. The number of ether oxygens (including phenoxy) is 1. The molecule has 1 aromatic heterocycles. The lowest BCUT2D eigenvalue weighted by Crippen LogP contribution is -2.34. The fourth-order valence-corrected chi connectivity index (χ4v) is 2.66. The van der Waals surface area contributed by atoms with Gasteiger partial charge < -0.3 is 21.0 Å². The molecule has 0 saturated carbocycles. The van der Waals surface area contributed by atoms with E-state index in [9.17, 15) is 4.79 Å². The summed E-state index contributed by atoms with van der Waals surface area (Å²) in [7, 11) is 0. The van der Waals surface area contributed by atoms with Gasteiger partial charge in [-0.15, -0.1) is 5.10 Å². The molecule has 1 heterocycles. The number of benzene rings is 2. The summed E-state index contributed by atoms with van der Waals surface area (Å²) in [6.45, 7) is 2.44. The van der Waals surface area contributed by atoms with E-state index in [1.165, 1.54) is 11.0 Å². The van der Waals surface area contributed by atoms with Gasteiger partial charge >= 0.3 is 0 Å². The molecular formula is C20H22N6O3. The summed E-state index contributed by atoms with van der Waals surface area (Å²) in [5.74, 6) is 0.205. The first-order chi connectivity index (χ1) is 14.1. The van der Waals surface area contributed by atoms with Crippen LogP contribution in [0, 0.1) is 0 Å². The average molecular weight is 394 g/mol. The molecule has 150 valence electrons. The molecule has 3 rings (SSSR count). The van der Waals surface area contributed by atoms with Crippen molar-refractivity contribution >= 4 is 11.7 Å². The molecule has 0 spiro atoms. The lowest BCUT2D eigenvalue weighted by atomic mass is 10.1. The minimum atomic E-state index is -0.929. The standard InChI is InChI=1S/C20H22N6O3/c1-2-29-20(26-13-23-18(24-26)16-6-4-3-5-7-16)19(27)22-12-14-8-10-15(11-9-14)17(21)25-28/h3-11,13,20,28H,2,12H2,1H3,(H2,21,25)(H,22,27). The number of nitrogens with one attached hydrogen (secondary N) is 1. The van der Waals surface area contributed by atoms with Crippen LogP contribution in [0.3, 0.4) is 0 Å². The van der Waals surface area contributed by atoms with Crippen molar-refractivity contribution in [1.82, 2.24) is 20.1 Å². The van der Waals surface area contributed by atoms with Crippen molar-refractivity contribution in [3.8, 4) is 11.4 Å². The highest BCUT2D eigenvalue weighted by Crippen LogP contribution is 2.16. The zero-order valence-corrected chi connectivity index (χ0v) is 15.9. The van der Waals surface area contributed by atoms with Crippen LogP contribution in [-0.2, 0) is 16.1 Å². The van der Waals surface area contributed by atoms with E-state index >= 15 is 0 Å². The summed E-state index contributed by atoms with van der Waals surface area (Å²) in [5, 5.41) is 18.9. The minimum Gasteiger partial charge on any atom is -0.409 e. The molecule has 1 unspecified atom stereocenters. The number of nitrogens with two attached hydrogens (primary N) is 1. The van der Waals surface area contributed by atoms with Crippen molar-refractivity contribution in [2.45, 2.75) is 19.7 Å². The Morgan fingerprint density at radius 3 is 2.62 bits per heavy atom. The molecule has 1 atom stereocenters. The number of nitrogens with zero attached hydrogens (tertiary/aromatic N) is 4. The lowest BCUT2D eigenvalue weighted by Gasteiger charge is -2.16. The smallest absolute Gasteiger partial charge is 0.272 e. The molecule has 2 aromatic carbocycles. The summed E-state index contributed by atoms with van der Waals surface area (Å²) in [6.07, 6.45) is 0.551. The van der Waals surface area contributed by atoms with Gasteiger partial charge in [-0.3, -0.25) is 4.79 Å². The molecule has 0 aliphatic heterocycles. The number of aromatic nitrogens is 3. The minimum absolute atomic E-state index is 0.0254. The summed E-state index contributed by atoms with van der Waals surface area (Å²) >= 11 is 0. The Morgan fingerprint density at radius 1 is 1.24 bits per heavy atom. The maximum atomic E-state index is 12.7. The molecule has 0 bridgehead atoms. The van der Waals surface area contributed by atoms with Crippen molar-refractivity contribution in [3.63, 3.8) is 0 Å². The second-order valence-corrected chi connectivity index (χ2v) is 6.12. The topological polar surface area (TPSA) is 128 Å². The van der Waals surface area contributed by atoms with Crippen molar-refractivity contribution in [2.75, 3.05) is 6.61 Å². The largest absolute Gasteiger partial charge is 0.409 e. The van der Waals surface area contributed by atoms with Gasteiger partial charge in [-0.1, -0.05) is 59.8 Å². The van der Waals surface area contributed by atoms with Crippen LogP contribution >= 0.6 is 0 Å². The number of oxime groups is 1. The predicted molar refractivity (Wildman–Crippen MR) is 107 cm³/mol.